The predicted octanol–water partition coefficient (Wildman–Crippen LogP) is 3.85. The lowest BCUT2D eigenvalue weighted by Crippen LogP contribution is -2.62. The van der Waals surface area contributed by atoms with Crippen LogP contribution in [0.25, 0.3) is 0 Å². The Labute approximate surface area is 317 Å². The number of amides is 6. The van der Waals surface area contributed by atoms with Crippen molar-refractivity contribution in [2.45, 2.75) is 71.1 Å². The Morgan fingerprint density at radius 3 is 2.33 bits per heavy atom. The average Bonchev–Trinajstić information content (AvgIpc) is 3.47. The number of benzene rings is 2. The van der Waals surface area contributed by atoms with Crippen LogP contribution in [-0.2, 0) is 30.5 Å². The second kappa shape index (κ2) is 20.4. The molecule has 0 spiro atoms. The molecule has 0 bridgehead atoms. The molecule has 6 amide bonds. The molecule has 1 aliphatic rings. The molecule has 3 unspecified atom stereocenters. The van der Waals surface area contributed by atoms with Gasteiger partial charge in [-0.05, 0) is 74.4 Å². The molecule has 0 aromatic heterocycles. The number of urea groups is 1. The number of rotatable bonds is 20. The molecule has 2 aromatic rings. The Morgan fingerprint density at radius 1 is 1.04 bits per heavy atom. The van der Waals surface area contributed by atoms with Gasteiger partial charge < -0.3 is 41.7 Å². The van der Waals surface area contributed by atoms with Crippen LogP contribution in [0.3, 0.4) is 0 Å². The van der Waals surface area contributed by atoms with Crippen molar-refractivity contribution in [3.8, 4) is 5.75 Å². The smallest absolute Gasteiger partial charge is 0.514 e. The van der Waals surface area contributed by atoms with Gasteiger partial charge in [0, 0.05) is 36.9 Å². The zero-order chi connectivity index (χ0) is 40.6. The number of carbonyl (C=O) groups is 6. The Hall–Kier alpha value is -6.14. The van der Waals surface area contributed by atoms with Gasteiger partial charge in [0.15, 0.2) is 0 Å². The van der Waals surface area contributed by atoms with Gasteiger partial charge in [0.05, 0.1) is 11.5 Å². The molecule has 18 heteroatoms. The number of ether oxygens (including phenoxy) is 2. The third kappa shape index (κ3) is 13.7. The van der Waals surface area contributed by atoms with Crippen LogP contribution in [0.2, 0.25) is 0 Å². The van der Waals surface area contributed by atoms with Crippen LogP contribution in [0.15, 0.2) is 72.8 Å². The maximum Gasteiger partial charge on any atom is 0.514 e. The van der Waals surface area contributed by atoms with Gasteiger partial charge in [-0.2, -0.15) is 0 Å². The lowest BCUT2D eigenvalue weighted by atomic mass is 9.86. The van der Waals surface area contributed by atoms with Crippen LogP contribution in [0, 0.1) is 21.2 Å². The number of nitrogens with two attached hydrogens (primary N) is 1. The molecule has 6 N–H and O–H groups in total. The van der Waals surface area contributed by atoms with E-state index in [1.165, 1.54) is 36.4 Å². The van der Waals surface area contributed by atoms with Crippen LogP contribution < -0.4 is 31.7 Å². The number of hydrogen-bond acceptors (Lipinski definition) is 11. The molecule has 1 aliphatic heterocycles. The average molecular weight is 766 g/mol. The third-order valence-electron chi connectivity index (χ3n) is 8.85. The molecule has 0 saturated heterocycles. The van der Waals surface area contributed by atoms with Gasteiger partial charge in [0.25, 0.3) is 11.6 Å². The maximum absolute atomic E-state index is 13.7. The molecule has 296 valence electrons. The molecular weight excluding hydrogens is 718 g/mol. The Bertz CT molecular complexity index is 1760. The molecule has 2 aromatic carbocycles. The molecule has 0 saturated carbocycles. The van der Waals surface area contributed by atoms with Crippen LogP contribution in [0.1, 0.15) is 58.4 Å². The molecule has 3 atom stereocenters. The van der Waals surface area contributed by atoms with Crippen molar-refractivity contribution in [2.75, 3.05) is 25.0 Å². The largest absolute Gasteiger partial charge is 0.625 e. The summed E-state index contributed by atoms with van der Waals surface area (Å²) in [5, 5.41) is 33.9. The number of nitrogens with one attached hydrogen (secondary N) is 4. The number of primary amides is 1. The van der Waals surface area contributed by atoms with Crippen molar-refractivity contribution in [1.82, 2.24) is 16.0 Å². The predicted molar refractivity (Wildman–Crippen MR) is 200 cm³/mol. The van der Waals surface area contributed by atoms with Crippen molar-refractivity contribution < 1.29 is 47.8 Å². The van der Waals surface area contributed by atoms with Gasteiger partial charge in [-0.1, -0.05) is 38.1 Å². The number of unbranched alkanes of at least 4 members (excludes halogenated alkanes) is 2. The van der Waals surface area contributed by atoms with Gasteiger partial charge >= 0.3 is 18.1 Å². The van der Waals surface area contributed by atoms with Crippen molar-refractivity contribution in [3.63, 3.8) is 0 Å². The number of nitro benzene ring substituents is 1. The Kier molecular flexibility index (Phi) is 16.0. The summed E-state index contributed by atoms with van der Waals surface area (Å²) in [4.78, 5) is 85.3. The minimum Gasteiger partial charge on any atom is -0.625 e. The summed E-state index contributed by atoms with van der Waals surface area (Å²) in [7, 11) is 0. The highest BCUT2D eigenvalue weighted by molar-refractivity contribution is 6.00. The molecule has 1 heterocycles. The van der Waals surface area contributed by atoms with Crippen molar-refractivity contribution in [1.29, 1.82) is 0 Å². The van der Waals surface area contributed by atoms with E-state index in [-0.39, 0.29) is 44.1 Å². The van der Waals surface area contributed by atoms with Crippen LogP contribution in [0.4, 0.5) is 21.0 Å². The van der Waals surface area contributed by atoms with E-state index in [2.05, 4.69) is 21.3 Å². The van der Waals surface area contributed by atoms with Gasteiger partial charge in [0.1, 0.15) is 30.5 Å². The zero-order valence-corrected chi connectivity index (χ0v) is 30.9. The fourth-order valence-electron chi connectivity index (χ4n) is 5.21. The van der Waals surface area contributed by atoms with Crippen LogP contribution >= 0.6 is 0 Å². The first kappa shape index (κ1) is 43.3. The highest BCUT2D eigenvalue weighted by atomic mass is 16.7. The van der Waals surface area contributed by atoms with Crippen molar-refractivity contribution >= 4 is 47.2 Å². The number of anilines is 1. The lowest BCUT2D eigenvalue weighted by Gasteiger charge is -2.35. The summed E-state index contributed by atoms with van der Waals surface area (Å²) in [6.45, 7) is 5.29. The normalized spacial score (nSPS) is 16.6. The van der Waals surface area contributed by atoms with E-state index in [1.807, 2.05) is 0 Å². The van der Waals surface area contributed by atoms with Crippen molar-refractivity contribution in [2.24, 2.45) is 11.7 Å². The quantitative estimate of drug-likeness (QED) is 0.0189. The minimum atomic E-state index is -1.42. The number of nitrogens with zero attached hydrogens (tertiary/aromatic N) is 2. The standard InChI is InChI=1S/C37H47N7O11/c1-25(2)37(3,42-31(45)11-5-4-8-22-44(53)23-9-12-32(44)46)34(48)41-30(10-6-7-21-39-35(38)49)33(47)40-27-15-13-26(14-16-27)24-54-36(50)55-29-19-17-28(18-20-29)43(51)52/h6,9-10,12-20,25,30H,4-5,7-8,11,21-24H2,1-3H3,(H,40,47)(H,41,48)(H,42,45)(H3,38,39,49)/b10-6+. The number of quaternary nitrogens is 1. The summed E-state index contributed by atoms with van der Waals surface area (Å²) in [5.74, 6) is -2.46. The van der Waals surface area contributed by atoms with E-state index in [0.29, 0.717) is 36.9 Å². The van der Waals surface area contributed by atoms with Crippen LogP contribution in [0.5, 0.6) is 5.75 Å². The number of nitro groups is 1. The van der Waals surface area contributed by atoms with E-state index < -0.39 is 62.9 Å². The fourth-order valence-corrected chi connectivity index (χ4v) is 5.21. The molecular formula is C37H47N7O11. The van der Waals surface area contributed by atoms with Gasteiger partial charge in [0.2, 0.25) is 11.8 Å². The van der Waals surface area contributed by atoms with Gasteiger partial charge in [-0.15, -0.1) is 0 Å². The van der Waals surface area contributed by atoms with E-state index in [4.69, 9.17) is 15.2 Å². The molecule has 55 heavy (non-hydrogen) atoms. The first-order valence-corrected chi connectivity index (χ1v) is 17.6. The summed E-state index contributed by atoms with van der Waals surface area (Å²) < 4.78 is 9.20. The highest BCUT2D eigenvalue weighted by Crippen LogP contribution is 2.21. The lowest BCUT2D eigenvalue weighted by molar-refractivity contribution is -0.792. The number of hydrogen-bond donors (Lipinski definition) is 5. The minimum absolute atomic E-state index is 0.0583. The van der Waals surface area contributed by atoms with Gasteiger partial charge in [-0.25, -0.2) is 14.4 Å². The molecule has 0 radical (unpaired) electrons. The topological polar surface area (TPSA) is 261 Å². The second-order valence-corrected chi connectivity index (χ2v) is 13.3. The summed E-state index contributed by atoms with van der Waals surface area (Å²) >= 11 is 0. The monoisotopic (exact) mass is 765 g/mol. The summed E-state index contributed by atoms with van der Waals surface area (Å²) in [6.07, 6.45) is 6.65. The van der Waals surface area contributed by atoms with E-state index in [1.54, 1.807) is 57.2 Å². The first-order valence-electron chi connectivity index (χ1n) is 17.6. The zero-order valence-electron chi connectivity index (χ0n) is 30.9. The Balaban J connectivity index is 1.58. The van der Waals surface area contributed by atoms with E-state index in [9.17, 15) is 44.1 Å². The number of non-ortho nitro benzene ring substituents is 1. The number of carbonyl (C=O) groups excluding carboxylic acids is 6. The number of hydroxylamine groups is 3. The summed E-state index contributed by atoms with van der Waals surface area (Å²) in [5.41, 5.74) is 4.42. The van der Waals surface area contributed by atoms with Crippen molar-refractivity contribution in [3.05, 3.63) is 93.7 Å². The van der Waals surface area contributed by atoms with E-state index >= 15 is 0 Å². The van der Waals surface area contributed by atoms with E-state index in [0.717, 1.165) is 0 Å². The SMILES string of the molecule is CC(C)C(C)(NC(=O)CCCCC[N+]1([O-])CC=CC1=O)C(=O)NC(/C=C/CCNC(N)=O)C(=O)Nc1ccc(COC(=O)Oc2ccc([N+](=O)[O-])cc2)cc1. The highest BCUT2D eigenvalue weighted by Gasteiger charge is 2.39. The summed E-state index contributed by atoms with van der Waals surface area (Å²) in [6, 6.07) is 9.23. The Morgan fingerprint density at radius 2 is 1.73 bits per heavy atom. The fraction of sp³-hybridized carbons (Fsp3) is 0.405. The second-order valence-electron chi connectivity index (χ2n) is 13.3. The van der Waals surface area contributed by atoms with Crippen LogP contribution in [-0.4, -0.2) is 76.6 Å². The maximum atomic E-state index is 13.7. The molecule has 3 rings (SSSR count). The third-order valence-corrected chi connectivity index (χ3v) is 8.85. The molecule has 18 nitrogen and oxygen atoms in total. The first-order chi connectivity index (χ1) is 26.0. The molecule has 0 aliphatic carbocycles. The van der Waals surface area contributed by atoms with Gasteiger partial charge in [-0.3, -0.25) is 29.1 Å². The molecule has 0 fully saturated rings.